The molecule has 0 aromatic heterocycles. The van der Waals surface area contributed by atoms with Gasteiger partial charge in [-0.25, -0.2) is 10.2 Å². The Kier molecular flexibility index (Phi) is 21.7. The number of nitrogens with one attached hydrogen (secondary N) is 1. The third-order valence-corrected chi connectivity index (χ3v) is 8.68. The number of hydrogen-bond donors (Lipinski definition) is 2. The molecule has 0 saturated carbocycles. The van der Waals surface area contributed by atoms with Crippen molar-refractivity contribution in [2.75, 3.05) is 12.4 Å². The molecule has 0 bridgehead atoms. The van der Waals surface area contributed by atoms with Crippen molar-refractivity contribution in [2.45, 2.75) is 128 Å². The van der Waals surface area contributed by atoms with Crippen LogP contribution >= 0.6 is 28.3 Å². The Morgan fingerprint density at radius 2 is 1.25 bits per heavy atom. The smallest absolute Gasteiger partial charge is 0.186 e. The van der Waals surface area contributed by atoms with Crippen molar-refractivity contribution >= 4 is 40.8 Å². The number of carbonyl (C=O) groups excluding carboxylic acids is 1. The highest BCUT2D eigenvalue weighted by Crippen LogP contribution is 2.39. The minimum absolute atomic E-state index is 0. The maximum atomic E-state index is 11.9. The molecule has 0 radical (unpaired) electrons. The van der Waals surface area contributed by atoms with E-state index in [-0.39, 0.29) is 56.6 Å². The van der Waals surface area contributed by atoms with Crippen LogP contribution in [0.4, 0.5) is 0 Å². The molecule has 310 valence electrons. The number of ether oxygens (including phenoxy) is 8. The van der Waals surface area contributed by atoms with E-state index in [1.165, 1.54) is 6.21 Å². The fourth-order valence-corrected chi connectivity index (χ4v) is 6.36. The molecule has 4 fully saturated rings. The van der Waals surface area contributed by atoms with Gasteiger partial charge >= 0.3 is 0 Å². The second-order valence-corrected chi connectivity index (χ2v) is 14.4. The number of halogens is 2. The fraction of sp³-hybridized carbons (Fsp3) is 0.550. The number of hydrogen-bond acceptors (Lipinski definition) is 12. The van der Waals surface area contributed by atoms with Crippen LogP contribution in [0.1, 0.15) is 60.1 Å². The van der Waals surface area contributed by atoms with Gasteiger partial charge in [-0.2, -0.15) is 0 Å². The number of carbonyl (C=O) groups is 1. The predicted molar refractivity (Wildman–Crippen MR) is 216 cm³/mol. The fourth-order valence-electron chi connectivity index (χ4n) is 5.84. The summed E-state index contributed by atoms with van der Waals surface area (Å²) in [6.07, 6.45) is 3.54. The van der Waals surface area contributed by atoms with Gasteiger partial charge in [-0.15, -0.1) is 25.6 Å². The average molecular weight is 860 g/mol. The normalized spacial score (nSPS) is 29.2. The number of fused-ring (bicyclic) bond motifs is 1. The first-order chi connectivity index (χ1) is 25.1. The number of nitrogens with zero attached hydrogens (tertiary/aromatic N) is 1. The summed E-state index contributed by atoms with van der Waals surface area (Å²) in [5, 5.41) is 20.9. The Morgan fingerprint density at radius 1 is 0.800 bits per heavy atom. The summed E-state index contributed by atoms with van der Waals surface area (Å²) in [5.41, 5.74) is 4.13. The van der Waals surface area contributed by atoms with E-state index in [4.69, 9.17) is 43.1 Å². The van der Waals surface area contributed by atoms with Crippen LogP contribution in [-0.2, 0) is 55.8 Å². The Bertz CT molecular complexity index is 1410. The average Bonchev–Trinajstić information content (AvgIpc) is 3.82. The molecule has 0 aliphatic carbocycles. The van der Waals surface area contributed by atoms with Gasteiger partial charge in [-0.1, -0.05) is 96.2 Å². The molecule has 6 rings (SSSR count). The zero-order valence-electron chi connectivity index (χ0n) is 32.0. The van der Waals surface area contributed by atoms with E-state index >= 15 is 0 Å². The van der Waals surface area contributed by atoms with Crippen LogP contribution in [0.5, 0.6) is 0 Å². The Hall–Kier alpha value is -2.57. The van der Waals surface area contributed by atoms with Crippen molar-refractivity contribution in [3.63, 3.8) is 0 Å². The lowest BCUT2D eigenvalue weighted by Crippen LogP contribution is -2.30. The van der Waals surface area contributed by atoms with Crippen molar-refractivity contribution in [1.82, 2.24) is 5.48 Å². The van der Waals surface area contributed by atoms with Gasteiger partial charge in [0.05, 0.1) is 6.10 Å². The van der Waals surface area contributed by atoms with Crippen LogP contribution < -0.4 is 5.48 Å². The molecule has 4 saturated heterocycles. The highest BCUT2D eigenvalue weighted by atomic mass is 79.9. The number of methoxy groups -OCH3 is 1. The van der Waals surface area contributed by atoms with Crippen LogP contribution in [0.25, 0.3) is 0 Å². The molecule has 13 nitrogen and oxygen atoms in total. The summed E-state index contributed by atoms with van der Waals surface area (Å²) in [5.74, 6) is -1.88. The summed E-state index contributed by atoms with van der Waals surface area (Å²) in [6.45, 7) is 19.1. The van der Waals surface area contributed by atoms with E-state index in [0.717, 1.165) is 27.5 Å². The summed E-state index contributed by atoms with van der Waals surface area (Å²) < 4.78 is 45.0. The topological polar surface area (TPSA) is 149 Å². The number of benzene rings is 2. The van der Waals surface area contributed by atoms with Gasteiger partial charge in [-0.05, 0) is 47.1 Å². The lowest BCUT2D eigenvalue weighted by atomic mass is 10.2. The second kappa shape index (κ2) is 23.6. The van der Waals surface area contributed by atoms with E-state index in [2.05, 4.69) is 34.6 Å². The lowest BCUT2D eigenvalue weighted by molar-refractivity contribution is -0.473. The van der Waals surface area contributed by atoms with Crippen LogP contribution in [0.3, 0.4) is 0 Å². The summed E-state index contributed by atoms with van der Waals surface area (Å²) in [4.78, 5) is 10.4. The largest absolute Gasteiger partial charge is 0.624 e. The molecule has 0 spiro atoms. The van der Waals surface area contributed by atoms with E-state index in [0.29, 0.717) is 13.1 Å². The SMILES string of the molecule is C.C=C[C@H]1OC(C)(C)O[C@H]1/C=[N+](\[O-])Cc1ccccc1.C=C[C@H]1OC(C)(C)O[C@H]1C=O.CO[C@@H]1O[C@H](CBr)[C@H]2OC(C)(C)O[C@@H]12.Cl.ONCc1ccccc1. The summed E-state index contributed by atoms with van der Waals surface area (Å²) in [7, 11) is 1.62. The van der Waals surface area contributed by atoms with Crippen molar-refractivity contribution in [2.24, 2.45) is 0 Å². The quantitative estimate of drug-likeness (QED) is 0.0489. The number of rotatable bonds is 10. The van der Waals surface area contributed by atoms with E-state index < -0.39 is 29.6 Å². The van der Waals surface area contributed by atoms with Crippen LogP contribution in [-0.4, -0.2) is 101 Å². The monoisotopic (exact) mass is 858 g/mol. The van der Waals surface area contributed by atoms with Crippen molar-refractivity contribution < 1.29 is 52.6 Å². The van der Waals surface area contributed by atoms with E-state index in [1.54, 1.807) is 33.1 Å². The molecule has 55 heavy (non-hydrogen) atoms. The van der Waals surface area contributed by atoms with Crippen LogP contribution in [0.2, 0.25) is 0 Å². The highest BCUT2D eigenvalue weighted by Gasteiger charge is 2.55. The van der Waals surface area contributed by atoms with Crippen molar-refractivity contribution in [3.05, 3.63) is 102 Å². The summed E-state index contributed by atoms with van der Waals surface area (Å²) in [6, 6.07) is 19.3. The number of hydroxylamine groups is 2. The molecule has 2 aromatic carbocycles. The first kappa shape index (κ1) is 50.4. The van der Waals surface area contributed by atoms with Crippen molar-refractivity contribution in [1.29, 1.82) is 0 Å². The van der Waals surface area contributed by atoms with E-state index in [9.17, 15) is 10.0 Å². The molecule has 4 heterocycles. The standard InChI is InChI=1S/C15H19NO3.C9H15BrO4.C8H12O3.C7H9NO.CH4.ClH/c1-4-13-14(19-15(2,3)18-13)11-16(17)10-12-8-6-5-7-9-12;1-9(2)13-6-5(4-10)12-8(11-3)7(6)14-9;1-4-6-7(5-9)11-8(2,3)10-6;9-8-6-7-4-2-1-3-5-7;;/h4-9,11,13-14H,1,10H2,2-3H3;5-8H,4H2,1-3H3;4-7H,1H2,2-3H3;1-5,8-9H,6H2;1H4;1H/b16-11-;;;;;/t13-,14+;5-,6-,7-,8-;6-,7+;;;/m111.../s1. The first-order valence-electron chi connectivity index (χ1n) is 17.3. The van der Waals surface area contributed by atoms with Gasteiger partial charge in [0, 0.05) is 24.5 Å². The van der Waals surface area contributed by atoms with Crippen molar-refractivity contribution in [3.8, 4) is 0 Å². The van der Waals surface area contributed by atoms with Gasteiger partial charge in [0.15, 0.2) is 48.8 Å². The minimum Gasteiger partial charge on any atom is -0.624 e. The van der Waals surface area contributed by atoms with Gasteiger partial charge in [-0.3, -0.25) is 0 Å². The third kappa shape index (κ3) is 16.1. The zero-order chi connectivity index (χ0) is 39.2. The zero-order valence-corrected chi connectivity index (χ0v) is 34.4. The summed E-state index contributed by atoms with van der Waals surface area (Å²) >= 11 is 3.39. The molecule has 0 amide bonds. The van der Waals surface area contributed by atoms with Crippen LogP contribution in [0.15, 0.2) is 86.0 Å². The lowest BCUT2D eigenvalue weighted by Gasteiger charge is -2.22. The third-order valence-electron chi connectivity index (χ3n) is 8.04. The molecule has 4 aliphatic heterocycles. The molecular weight excluding hydrogens is 800 g/mol. The Labute approximate surface area is 341 Å². The van der Waals surface area contributed by atoms with Gasteiger partial charge < -0.3 is 53.1 Å². The highest BCUT2D eigenvalue weighted by molar-refractivity contribution is 9.09. The molecule has 2 aromatic rings. The first-order valence-corrected chi connectivity index (χ1v) is 18.5. The molecule has 4 aliphatic rings. The molecule has 15 heteroatoms. The van der Waals surface area contributed by atoms with E-state index in [1.807, 2.05) is 88.4 Å². The molecule has 0 unspecified atom stereocenters. The van der Waals surface area contributed by atoms with Crippen LogP contribution in [0, 0.1) is 5.21 Å². The second-order valence-electron chi connectivity index (χ2n) is 13.8. The Morgan fingerprint density at radius 3 is 1.71 bits per heavy atom. The molecule has 8 atom stereocenters. The van der Waals surface area contributed by atoms with Gasteiger partial charge in [0.2, 0.25) is 0 Å². The Balaban J connectivity index is 0.000000376. The van der Waals surface area contributed by atoms with Gasteiger partial charge in [0.1, 0.15) is 30.5 Å². The predicted octanol–water partition coefficient (Wildman–Crippen LogP) is 6.86. The minimum atomic E-state index is -0.687. The molecule has 2 N–H and O–H groups in total. The molecular formula is C40H60BrClN2O11. The number of aldehydes is 1. The maximum absolute atomic E-state index is 11.9. The van der Waals surface area contributed by atoms with Gasteiger partial charge in [0.25, 0.3) is 0 Å². The number of alkyl halides is 1. The maximum Gasteiger partial charge on any atom is 0.186 e.